The van der Waals surface area contributed by atoms with Crippen molar-refractivity contribution in [2.75, 3.05) is 32.8 Å². The Hall–Kier alpha value is -2.18. The minimum atomic E-state index is -0.241. The summed E-state index contributed by atoms with van der Waals surface area (Å²) >= 11 is 0. The normalized spacial score (nSPS) is 16.8. The van der Waals surface area contributed by atoms with Crippen molar-refractivity contribution in [1.82, 2.24) is 15.4 Å². The van der Waals surface area contributed by atoms with Gasteiger partial charge in [-0.25, -0.2) is 0 Å². The van der Waals surface area contributed by atoms with Crippen molar-refractivity contribution in [3.63, 3.8) is 0 Å². The van der Waals surface area contributed by atoms with Crippen LogP contribution in [0.2, 0.25) is 0 Å². The van der Waals surface area contributed by atoms with Crippen LogP contribution in [0.3, 0.4) is 0 Å². The number of hydrogen-bond donors (Lipinski definition) is 1. The first-order valence-corrected chi connectivity index (χ1v) is 8.22. The summed E-state index contributed by atoms with van der Waals surface area (Å²) in [5, 5.41) is 6.86. The SMILES string of the molecule is Cc1ccc([C@@H](CN2CCOCC2)NC(=O)c2cc(C)no2)cc1. The van der Waals surface area contributed by atoms with Crippen LogP contribution in [0.1, 0.15) is 33.4 Å². The molecule has 1 fully saturated rings. The number of nitrogens with zero attached hydrogens (tertiary/aromatic N) is 2. The number of carbonyl (C=O) groups is 1. The summed E-state index contributed by atoms with van der Waals surface area (Å²) in [5.41, 5.74) is 2.97. The molecule has 1 saturated heterocycles. The van der Waals surface area contributed by atoms with E-state index in [1.54, 1.807) is 13.0 Å². The van der Waals surface area contributed by atoms with E-state index in [0.717, 1.165) is 38.4 Å². The van der Waals surface area contributed by atoms with Crippen molar-refractivity contribution in [3.8, 4) is 0 Å². The molecule has 1 aliphatic heterocycles. The van der Waals surface area contributed by atoms with E-state index < -0.39 is 0 Å². The topological polar surface area (TPSA) is 67.6 Å². The number of benzene rings is 1. The van der Waals surface area contributed by atoms with Gasteiger partial charge >= 0.3 is 0 Å². The highest BCUT2D eigenvalue weighted by Gasteiger charge is 2.22. The summed E-state index contributed by atoms with van der Waals surface area (Å²) in [5.74, 6) is 0.000948. The van der Waals surface area contributed by atoms with E-state index in [9.17, 15) is 4.79 Å². The zero-order valence-electron chi connectivity index (χ0n) is 14.1. The molecular formula is C18H23N3O3. The Morgan fingerprint density at radius 1 is 1.25 bits per heavy atom. The molecule has 24 heavy (non-hydrogen) atoms. The first kappa shape index (κ1) is 16.7. The number of amides is 1. The van der Waals surface area contributed by atoms with Crippen LogP contribution < -0.4 is 5.32 Å². The predicted molar refractivity (Wildman–Crippen MR) is 89.9 cm³/mol. The summed E-state index contributed by atoms with van der Waals surface area (Å²) < 4.78 is 10.5. The quantitative estimate of drug-likeness (QED) is 0.910. The van der Waals surface area contributed by atoms with Gasteiger partial charge in [0.05, 0.1) is 24.9 Å². The largest absolute Gasteiger partial charge is 0.379 e. The maximum atomic E-state index is 12.5. The van der Waals surface area contributed by atoms with Crippen molar-refractivity contribution in [2.45, 2.75) is 19.9 Å². The van der Waals surface area contributed by atoms with Crippen molar-refractivity contribution < 1.29 is 14.1 Å². The third-order valence-corrected chi connectivity index (χ3v) is 4.18. The molecule has 1 atom stereocenters. The molecule has 128 valence electrons. The fourth-order valence-electron chi connectivity index (χ4n) is 2.78. The highest BCUT2D eigenvalue weighted by molar-refractivity contribution is 5.91. The molecule has 0 saturated carbocycles. The summed E-state index contributed by atoms with van der Waals surface area (Å²) in [6.07, 6.45) is 0. The molecule has 0 radical (unpaired) electrons. The third-order valence-electron chi connectivity index (χ3n) is 4.18. The number of rotatable bonds is 5. The number of carbonyl (C=O) groups excluding carboxylic acids is 1. The lowest BCUT2D eigenvalue weighted by Crippen LogP contribution is -2.43. The maximum absolute atomic E-state index is 12.5. The van der Waals surface area contributed by atoms with Crippen molar-refractivity contribution in [2.24, 2.45) is 0 Å². The van der Waals surface area contributed by atoms with Gasteiger partial charge in [-0.1, -0.05) is 35.0 Å². The van der Waals surface area contributed by atoms with E-state index in [1.165, 1.54) is 5.56 Å². The zero-order valence-corrected chi connectivity index (χ0v) is 14.1. The minimum absolute atomic E-state index is 0.110. The fourth-order valence-corrected chi connectivity index (χ4v) is 2.78. The standard InChI is InChI=1S/C18H23N3O3/c1-13-3-5-15(6-4-13)16(12-21-7-9-23-10-8-21)19-18(22)17-11-14(2)20-24-17/h3-6,11,16H,7-10,12H2,1-2H3,(H,19,22)/t16-/m1/s1. The van der Waals surface area contributed by atoms with Gasteiger partial charge in [-0.15, -0.1) is 0 Å². The monoisotopic (exact) mass is 329 g/mol. The zero-order chi connectivity index (χ0) is 16.9. The number of hydrogen-bond acceptors (Lipinski definition) is 5. The Bertz CT molecular complexity index is 675. The Morgan fingerprint density at radius 2 is 1.96 bits per heavy atom. The Morgan fingerprint density at radius 3 is 2.58 bits per heavy atom. The van der Waals surface area contributed by atoms with Crippen LogP contribution >= 0.6 is 0 Å². The minimum Gasteiger partial charge on any atom is -0.379 e. The molecule has 1 aliphatic rings. The molecule has 6 heteroatoms. The van der Waals surface area contributed by atoms with Crippen molar-refractivity contribution in [1.29, 1.82) is 0 Å². The molecule has 1 aromatic heterocycles. The van der Waals surface area contributed by atoms with Gasteiger partial charge in [0.1, 0.15) is 0 Å². The van der Waals surface area contributed by atoms with Gasteiger partial charge < -0.3 is 14.6 Å². The predicted octanol–water partition coefficient (Wildman–Crippen LogP) is 2.09. The molecule has 2 heterocycles. The maximum Gasteiger partial charge on any atom is 0.290 e. The number of morpholine rings is 1. The first-order chi connectivity index (χ1) is 11.6. The van der Waals surface area contributed by atoms with E-state index in [-0.39, 0.29) is 17.7 Å². The average molecular weight is 329 g/mol. The molecule has 0 spiro atoms. The number of aromatic nitrogens is 1. The van der Waals surface area contributed by atoms with Gasteiger partial charge in [-0.2, -0.15) is 0 Å². The summed E-state index contributed by atoms with van der Waals surface area (Å²) in [7, 11) is 0. The van der Waals surface area contributed by atoms with Crippen LogP contribution in [0.15, 0.2) is 34.9 Å². The lowest BCUT2D eigenvalue weighted by molar-refractivity contribution is 0.0331. The molecule has 3 rings (SSSR count). The van der Waals surface area contributed by atoms with Crippen molar-refractivity contribution in [3.05, 3.63) is 52.9 Å². The smallest absolute Gasteiger partial charge is 0.290 e. The molecule has 6 nitrogen and oxygen atoms in total. The van der Waals surface area contributed by atoms with E-state index >= 15 is 0 Å². The molecule has 0 unspecified atom stereocenters. The lowest BCUT2D eigenvalue weighted by Gasteiger charge is -2.31. The second-order valence-electron chi connectivity index (χ2n) is 6.18. The number of ether oxygens (including phenoxy) is 1. The number of aryl methyl sites for hydroxylation is 2. The van der Waals surface area contributed by atoms with E-state index in [1.807, 2.05) is 0 Å². The highest BCUT2D eigenvalue weighted by Crippen LogP contribution is 2.17. The van der Waals surface area contributed by atoms with E-state index in [2.05, 4.69) is 46.6 Å². The number of nitrogens with one attached hydrogen (secondary N) is 1. The van der Waals surface area contributed by atoms with Crippen LogP contribution in [-0.2, 0) is 4.74 Å². The summed E-state index contributed by atoms with van der Waals surface area (Å²) in [6, 6.07) is 9.79. The van der Waals surface area contributed by atoms with Gasteiger partial charge in [0, 0.05) is 25.7 Å². The van der Waals surface area contributed by atoms with E-state index in [4.69, 9.17) is 9.26 Å². The second kappa shape index (κ2) is 7.59. The van der Waals surface area contributed by atoms with Crippen LogP contribution in [-0.4, -0.2) is 48.8 Å². The second-order valence-corrected chi connectivity index (χ2v) is 6.18. The summed E-state index contributed by atoms with van der Waals surface area (Å²) in [4.78, 5) is 14.8. The Kier molecular flexibility index (Phi) is 5.27. The molecule has 2 aromatic rings. The van der Waals surface area contributed by atoms with Gasteiger partial charge in [-0.3, -0.25) is 9.69 Å². The average Bonchev–Trinajstić information content (AvgIpc) is 3.02. The first-order valence-electron chi connectivity index (χ1n) is 8.22. The van der Waals surface area contributed by atoms with Crippen LogP contribution in [0.5, 0.6) is 0 Å². The Balaban J connectivity index is 1.75. The molecule has 1 N–H and O–H groups in total. The van der Waals surface area contributed by atoms with Gasteiger partial charge in [0.2, 0.25) is 5.76 Å². The molecule has 1 aromatic carbocycles. The fraction of sp³-hybridized carbons (Fsp3) is 0.444. The summed E-state index contributed by atoms with van der Waals surface area (Å²) in [6.45, 7) is 7.80. The Labute approximate surface area is 141 Å². The highest BCUT2D eigenvalue weighted by atomic mass is 16.5. The molecule has 1 amide bonds. The van der Waals surface area contributed by atoms with Crippen molar-refractivity contribution >= 4 is 5.91 Å². The molecule has 0 aliphatic carbocycles. The van der Waals surface area contributed by atoms with Gasteiger partial charge in [-0.05, 0) is 19.4 Å². The van der Waals surface area contributed by atoms with E-state index in [0.29, 0.717) is 5.69 Å². The lowest BCUT2D eigenvalue weighted by atomic mass is 10.0. The van der Waals surface area contributed by atoms with Crippen LogP contribution in [0, 0.1) is 13.8 Å². The van der Waals surface area contributed by atoms with Crippen LogP contribution in [0.4, 0.5) is 0 Å². The molecule has 0 bridgehead atoms. The van der Waals surface area contributed by atoms with Gasteiger partial charge in [0.25, 0.3) is 5.91 Å². The molecular weight excluding hydrogens is 306 g/mol. The van der Waals surface area contributed by atoms with Crippen LogP contribution in [0.25, 0.3) is 0 Å². The third kappa shape index (κ3) is 4.21. The van der Waals surface area contributed by atoms with Gasteiger partial charge in [0.15, 0.2) is 0 Å².